The lowest BCUT2D eigenvalue weighted by Gasteiger charge is -2.31. The van der Waals surface area contributed by atoms with Gasteiger partial charge in [0.1, 0.15) is 16.7 Å². The van der Waals surface area contributed by atoms with Gasteiger partial charge in [0.05, 0.1) is 12.0 Å². The highest BCUT2D eigenvalue weighted by atomic mass is 35.5. The zero-order chi connectivity index (χ0) is 28.9. The molecule has 4 rings (SSSR count). The van der Waals surface area contributed by atoms with Crippen molar-refractivity contribution in [2.75, 3.05) is 45.7 Å². The first-order valence-electron chi connectivity index (χ1n) is 12.5. The molecule has 1 atom stereocenters. The van der Waals surface area contributed by atoms with Gasteiger partial charge in [0.25, 0.3) is 0 Å². The number of carbonyl (C=O) groups is 1. The number of ether oxygens (including phenoxy) is 1. The van der Waals surface area contributed by atoms with Crippen LogP contribution in [0.3, 0.4) is 0 Å². The molecule has 1 aliphatic rings. The Morgan fingerprint density at radius 2 is 1.60 bits per heavy atom. The maximum absolute atomic E-state index is 13.4. The van der Waals surface area contributed by atoms with Gasteiger partial charge in [-0.1, -0.05) is 41.9 Å². The van der Waals surface area contributed by atoms with Crippen LogP contribution in [-0.2, 0) is 31.3 Å². The summed E-state index contributed by atoms with van der Waals surface area (Å²) in [5.41, 5.74) is 1.05. The maximum atomic E-state index is 13.4. The third-order valence-electron chi connectivity index (χ3n) is 6.53. The van der Waals surface area contributed by atoms with Gasteiger partial charge < -0.3 is 15.0 Å². The summed E-state index contributed by atoms with van der Waals surface area (Å²) in [6.45, 7) is 2.09. The van der Waals surface area contributed by atoms with E-state index in [2.05, 4.69) is 14.9 Å². The minimum Gasteiger partial charge on any atom is -0.495 e. The number of hydrogen-bond donors (Lipinski definition) is 2. The second-order valence-corrected chi connectivity index (χ2v) is 13.4. The lowest BCUT2D eigenvalue weighted by molar-refractivity contribution is -0.117. The summed E-state index contributed by atoms with van der Waals surface area (Å²) in [7, 11) is -4.63. The molecule has 0 aromatic heterocycles. The van der Waals surface area contributed by atoms with Crippen molar-refractivity contribution in [3.05, 3.63) is 83.4 Å². The molecule has 0 bridgehead atoms. The summed E-state index contributed by atoms with van der Waals surface area (Å²) in [5.74, 6) is -0.545. The normalized spacial score (nSPS) is 15.9. The lowest BCUT2D eigenvalue weighted by atomic mass is 10.1. The van der Waals surface area contributed by atoms with Crippen molar-refractivity contribution >= 4 is 43.2 Å². The van der Waals surface area contributed by atoms with Gasteiger partial charge in [-0.15, -0.1) is 0 Å². The van der Waals surface area contributed by atoms with Gasteiger partial charge in [0, 0.05) is 36.9 Å². The minimum atomic E-state index is -4.23. The smallest absolute Gasteiger partial charge is 0.245 e. The predicted octanol–water partition coefficient (Wildman–Crippen LogP) is 2.81. The second kappa shape index (κ2) is 12.7. The van der Waals surface area contributed by atoms with Crippen molar-refractivity contribution in [3.8, 4) is 5.75 Å². The maximum Gasteiger partial charge on any atom is 0.245 e. The van der Waals surface area contributed by atoms with E-state index in [1.165, 1.54) is 53.9 Å². The molecule has 0 spiro atoms. The summed E-state index contributed by atoms with van der Waals surface area (Å²) < 4.78 is 61.9. The molecule has 10 nitrogen and oxygen atoms in total. The van der Waals surface area contributed by atoms with Crippen LogP contribution in [0.1, 0.15) is 5.56 Å². The van der Waals surface area contributed by atoms with Gasteiger partial charge in [-0.25, -0.2) is 16.8 Å². The number of sulfonamides is 2. The van der Waals surface area contributed by atoms with Crippen LogP contribution in [0.15, 0.2) is 82.6 Å². The van der Waals surface area contributed by atoms with Crippen molar-refractivity contribution in [2.45, 2.75) is 22.3 Å². The third kappa shape index (κ3) is 7.19. The lowest BCUT2D eigenvalue weighted by Crippen LogP contribution is -2.47. The van der Waals surface area contributed by atoms with E-state index < -0.39 is 32.0 Å². The van der Waals surface area contributed by atoms with E-state index in [0.29, 0.717) is 31.9 Å². The molecular weight excluding hydrogens is 576 g/mol. The Morgan fingerprint density at radius 1 is 0.950 bits per heavy atom. The van der Waals surface area contributed by atoms with Crippen molar-refractivity contribution < 1.29 is 26.4 Å². The molecule has 1 aliphatic heterocycles. The first-order valence-corrected chi connectivity index (χ1v) is 15.8. The fourth-order valence-corrected chi connectivity index (χ4v) is 7.32. The van der Waals surface area contributed by atoms with Gasteiger partial charge in [-0.2, -0.15) is 9.03 Å². The predicted molar refractivity (Wildman–Crippen MR) is 154 cm³/mol. The number of halogens is 1. The fraction of sp³-hybridized carbons (Fsp3) is 0.296. The first-order chi connectivity index (χ1) is 19.0. The Bertz CT molecular complexity index is 1540. The molecule has 1 saturated heterocycles. The van der Waals surface area contributed by atoms with E-state index in [9.17, 15) is 21.6 Å². The number of anilines is 1. The van der Waals surface area contributed by atoms with Crippen LogP contribution in [0.5, 0.6) is 5.75 Å². The Kier molecular flexibility index (Phi) is 9.49. The standard InChI is InChI=1S/C27H31ClN4O6S2/c1-31-14-16-32(17-15-31)40(36,37)23-11-9-22(10-12-23)29-27(33)24(18-20-6-4-3-5-7-20)30-39(34,35)26-19-21(28)8-13-25(26)38-2/h3-13,19,24,30H,14-18H2,1-2H3,(H,29,33). The van der Waals surface area contributed by atoms with Gasteiger partial charge in [0.2, 0.25) is 26.0 Å². The highest BCUT2D eigenvalue weighted by Gasteiger charge is 2.30. The van der Waals surface area contributed by atoms with Crippen molar-refractivity contribution in [1.82, 2.24) is 13.9 Å². The van der Waals surface area contributed by atoms with Gasteiger partial charge in [0.15, 0.2) is 0 Å². The molecule has 3 aromatic carbocycles. The largest absolute Gasteiger partial charge is 0.495 e. The number of amides is 1. The Hall–Kier alpha value is -3.00. The number of nitrogens with zero attached hydrogens (tertiary/aromatic N) is 2. The first kappa shape index (κ1) is 30.0. The number of rotatable bonds is 10. The number of piperazine rings is 1. The van der Waals surface area contributed by atoms with E-state index in [0.717, 1.165) is 5.56 Å². The summed E-state index contributed by atoms with van der Waals surface area (Å²) in [6, 6.07) is 17.8. The van der Waals surface area contributed by atoms with Crippen LogP contribution >= 0.6 is 11.6 Å². The zero-order valence-corrected chi connectivity index (χ0v) is 24.5. The van der Waals surface area contributed by atoms with E-state index in [1.807, 2.05) is 13.1 Å². The van der Waals surface area contributed by atoms with Crippen LogP contribution in [-0.4, -0.2) is 78.3 Å². The molecule has 0 aliphatic carbocycles. The summed E-state index contributed by atoms with van der Waals surface area (Å²) in [4.78, 5) is 15.4. The minimum absolute atomic E-state index is 0.0602. The third-order valence-corrected chi connectivity index (χ3v) is 10.2. The monoisotopic (exact) mass is 606 g/mol. The average molecular weight is 607 g/mol. The zero-order valence-electron chi connectivity index (χ0n) is 22.1. The number of hydrogen-bond acceptors (Lipinski definition) is 7. The molecule has 13 heteroatoms. The number of nitrogens with one attached hydrogen (secondary N) is 2. The van der Waals surface area contributed by atoms with E-state index in [4.69, 9.17) is 16.3 Å². The van der Waals surface area contributed by atoms with Crippen molar-refractivity contribution in [3.63, 3.8) is 0 Å². The van der Waals surface area contributed by atoms with Gasteiger partial charge >= 0.3 is 0 Å². The average Bonchev–Trinajstić information content (AvgIpc) is 2.93. The highest BCUT2D eigenvalue weighted by molar-refractivity contribution is 7.89. The van der Waals surface area contributed by atoms with Gasteiger partial charge in [-0.3, -0.25) is 4.79 Å². The number of carbonyl (C=O) groups excluding carboxylic acids is 1. The SMILES string of the molecule is COc1ccc(Cl)cc1S(=O)(=O)NC(Cc1ccccc1)C(=O)Nc1ccc(S(=O)(=O)N2CCN(C)CC2)cc1. The molecule has 1 unspecified atom stereocenters. The summed E-state index contributed by atoms with van der Waals surface area (Å²) in [6.07, 6.45) is 0.0602. The van der Waals surface area contributed by atoms with Crippen molar-refractivity contribution in [2.24, 2.45) is 0 Å². The Labute approximate surface area is 240 Å². The topological polar surface area (TPSA) is 125 Å². The molecule has 214 valence electrons. The molecular formula is C27H31ClN4O6S2. The van der Waals surface area contributed by atoms with Crippen LogP contribution in [0.2, 0.25) is 5.02 Å². The number of benzene rings is 3. The molecule has 1 heterocycles. The van der Waals surface area contributed by atoms with Crippen LogP contribution in [0, 0.1) is 0 Å². The van der Waals surface area contributed by atoms with Crippen molar-refractivity contribution in [1.29, 1.82) is 0 Å². The molecule has 1 amide bonds. The summed E-state index contributed by atoms with van der Waals surface area (Å²) >= 11 is 6.04. The van der Waals surface area contributed by atoms with Crippen LogP contribution in [0.25, 0.3) is 0 Å². The molecule has 1 fully saturated rings. The highest BCUT2D eigenvalue weighted by Crippen LogP contribution is 2.27. The van der Waals surface area contributed by atoms with Crippen LogP contribution < -0.4 is 14.8 Å². The Morgan fingerprint density at radius 3 is 2.23 bits per heavy atom. The van der Waals surface area contributed by atoms with Crippen LogP contribution in [0.4, 0.5) is 5.69 Å². The quantitative estimate of drug-likeness (QED) is 0.364. The van der Waals surface area contributed by atoms with E-state index >= 15 is 0 Å². The molecule has 0 radical (unpaired) electrons. The van der Waals surface area contributed by atoms with E-state index in [1.54, 1.807) is 24.3 Å². The summed E-state index contributed by atoms with van der Waals surface area (Å²) in [5, 5.41) is 2.89. The Balaban J connectivity index is 1.55. The molecule has 3 aromatic rings. The fourth-order valence-electron chi connectivity index (χ4n) is 4.27. The van der Waals surface area contributed by atoms with Gasteiger partial charge in [-0.05, 0) is 61.5 Å². The molecule has 2 N–H and O–H groups in total. The second-order valence-electron chi connectivity index (χ2n) is 9.38. The molecule has 0 saturated carbocycles. The van der Waals surface area contributed by atoms with E-state index in [-0.39, 0.29) is 27.0 Å². The number of likely N-dealkylation sites (N-methyl/N-ethyl adjacent to an activating group) is 1. The number of methoxy groups -OCH3 is 1. The molecule has 40 heavy (non-hydrogen) atoms.